The molecule has 0 spiro atoms. The van der Waals surface area contributed by atoms with Crippen LogP contribution in [0.1, 0.15) is 25.0 Å². The fourth-order valence-corrected chi connectivity index (χ4v) is 3.43. The lowest BCUT2D eigenvalue weighted by atomic mass is 10.1. The van der Waals surface area contributed by atoms with Crippen LogP contribution < -0.4 is 5.32 Å². The van der Waals surface area contributed by atoms with Gasteiger partial charge in [-0.25, -0.2) is 9.18 Å². The van der Waals surface area contributed by atoms with Gasteiger partial charge in [-0.1, -0.05) is 17.7 Å². The molecule has 0 saturated carbocycles. The molecule has 1 N–H and O–H groups in total. The average molecular weight is 430 g/mol. The predicted molar refractivity (Wildman–Crippen MR) is 109 cm³/mol. The molecule has 1 saturated heterocycles. The first-order chi connectivity index (χ1) is 14.0. The molecule has 9 heteroatoms. The van der Waals surface area contributed by atoms with Gasteiger partial charge in [-0.05, 0) is 38.1 Å². The maximum atomic E-state index is 13.2. The first-order valence-electron chi connectivity index (χ1n) is 9.76. The molecular weight excluding hydrogens is 401 g/mol. The van der Waals surface area contributed by atoms with E-state index in [-0.39, 0.29) is 30.7 Å². The Morgan fingerprint density at radius 1 is 1.45 bits per heavy atom. The highest BCUT2D eigenvalue weighted by molar-refractivity contribution is 6.31. The van der Waals surface area contributed by atoms with E-state index in [1.807, 2.05) is 14.0 Å². The van der Waals surface area contributed by atoms with Gasteiger partial charge in [0.25, 0.3) is 0 Å². The summed E-state index contributed by atoms with van der Waals surface area (Å²) in [6, 6.07) is 4.21. The maximum Gasteiger partial charge on any atom is 0.320 e. The highest BCUT2D eigenvalue weighted by Crippen LogP contribution is 2.29. The molecule has 0 bridgehead atoms. The zero-order valence-electron chi connectivity index (χ0n) is 16.9. The molecule has 1 aromatic carbocycles. The number of nitrogens with zero attached hydrogens (tertiary/aromatic N) is 2. The number of aldehydes is 1. The van der Waals surface area contributed by atoms with Crippen molar-refractivity contribution in [3.63, 3.8) is 0 Å². The van der Waals surface area contributed by atoms with Gasteiger partial charge in [-0.3, -0.25) is 0 Å². The zero-order valence-corrected chi connectivity index (χ0v) is 17.7. The Kier molecular flexibility index (Phi) is 9.80. The minimum absolute atomic E-state index is 0.0389. The normalized spacial score (nSPS) is 15.1. The van der Waals surface area contributed by atoms with Gasteiger partial charge >= 0.3 is 6.03 Å². The lowest BCUT2D eigenvalue weighted by molar-refractivity contribution is -0.111. The summed E-state index contributed by atoms with van der Waals surface area (Å²) in [7, 11) is 1.84. The predicted octanol–water partition coefficient (Wildman–Crippen LogP) is 2.49. The van der Waals surface area contributed by atoms with Crippen molar-refractivity contribution in [2.45, 2.75) is 25.6 Å². The molecule has 1 atom stereocenters. The van der Waals surface area contributed by atoms with Crippen LogP contribution >= 0.6 is 11.6 Å². The third kappa shape index (κ3) is 7.22. The number of benzene rings is 1. The van der Waals surface area contributed by atoms with Crippen LogP contribution in [0.2, 0.25) is 5.02 Å². The van der Waals surface area contributed by atoms with Crippen molar-refractivity contribution in [2.24, 2.45) is 0 Å². The molecule has 1 heterocycles. The summed E-state index contributed by atoms with van der Waals surface area (Å²) in [6.07, 6.45) is 0.999. The van der Waals surface area contributed by atoms with Gasteiger partial charge in [0, 0.05) is 31.3 Å². The number of ether oxygens (including phenoxy) is 2. The van der Waals surface area contributed by atoms with Gasteiger partial charge in [0.05, 0.1) is 25.3 Å². The molecule has 1 aromatic rings. The van der Waals surface area contributed by atoms with Crippen LogP contribution in [0.25, 0.3) is 0 Å². The number of nitrogens with one attached hydrogen (secondary N) is 1. The van der Waals surface area contributed by atoms with E-state index >= 15 is 0 Å². The number of hydrogen-bond acceptors (Lipinski definition) is 5. The number of carbonyl (C=O) groups is 2. The van der Waals surface area contributed by atoms with Crippen molar-refractivity contribution in [3.8, 4) is 0 Å². The summed E-state index contributed by atoms with van der Waals surface area (Å²) >= 11 is 6.09. The van der Waals surface area contributed by atoms with Crippen molar-refractivity contribution < 1.29 is 23.5 Å². The van der Waals surface area contributed by atoms with Crippen LogP contribution in [0.5, 0.6) is 0 Å². The van der Waals surface area contributed by atoms with E-state index in [1.54, 1.807) is 15.9 Å². The fourth-order valence-electron chi connectivity index (χ4n) is 3.11. The molecule has 162 valence electrons. The number of urea groups is 1. The fraction of sp³-hybridized carbons (Fsp3) is 0.600. The minimum atomic E-state index is -0.385. The third-order valence-electron chi connectivity index (χ3n) is 4.72. The first-order valence-corrected chi connectivity index (χ1v) is 10.1. The minimum Gasteiger partial charge on any atom is -0.374 e. The van der Waals surface area contributed by atoms with Crippen LogP contribution in [0.4, 0.5) is 9.18 Å². The molecule has 29 heavy (non-hydrogen) atoms. The molecule has 0 radical (unpaired) electrons. The Labute approximate surface area is 176 Å². The van der Waals surface area contributed by atoms with E-state index in [0.29, 0.717) is 57.1 Å². The second kappa shape index (κ2) is 12.1. The molecular formula is C20H29ClFN3O4. The first kappa shape index (κ1) is 23.5. The molecule has 2 rings (SSSR count). The molecule has 0 aromatic heterocycles. The van der Waals surface area contributed by atoms with Gasteiger partial charge < -0.3 is 29.4 Å². The van der Waals surface area contributed by atoms with Crippen LogP contribution in [-0.2, 0) is 14.3 Å². The quantitative estimate of drug-likeness (QED) is 0.408. The molecule has 7 nitrogen and oxygen atoms in total. The summed E-state index contributed by atoms with van der Waals surface area (Å²) in [5.41, 5.74) is 0.726. The van der Waals surface area contributed by atoms with Gasteiger partial charge in [0.2, 0.25) is 0 Å². The summed E-state index contributed by atoms with van der Waals surface area (Å²) < 4.78 is 24.3. The summed E-state index contributed by atoms with van der Waals surface area (Å²) in [4.78, 5) is 26.5. The van der Waals surface area contributed by atoms with Crippen LogP contribution in [0.3, 0.4) is 0 Å². The molecule has 1 aliphatic rings. The maximum absolute atomic E-state index is 13.2. The summed E-state index contributed by atoms with van der Waals surface area (Å²) in [5, 5.41) is 3.38. The smallest absolute Gasteiger partial charge is 0.320 e. The van der Waals surface area contributed by atoms with Crippen LogP contribution in [0, 0.1) is 5.82 Å². The standard InChI is InChI=1S/C20H29ClFN3O4/c1-15(18-5-4-16(22)12-19(18)21)29-17-13-25(14-17)20(27)24(8-6-23-2)7-3-10-28-11-9-26/h4-5,9,12,15,17,23H,3,6-8,10-11,13-14H2,1-2H3. The lowest BCUT2D eigenvalue weighted by Crippen LogP contribution is -2.59. The lowest BCUT2D eigenvalue weighted by Gasteiger charge is -2.42. The van der Waals surface area contributed by atoms with Crippen molar-refractivity contribution in [1.82, 2.24) is 15.1 Å². The molecule has 0 aliphatic carbocycles. The van der Waals surface area contributed by atoms with E-state index < -0.39 is 0 Å². The van der Waals surface area contributed by atoms with Gasteiger partial charge in [-0.2, -0.15) is 0 Å². The number of hydrogen-bond donors (Lipinski definition) is 1. The Hall–Kier alpha value is -1.74. The summed E-state index contributed by atoms with van der Waals surface area (Å²) in [5.74, 6) is -0.385. The second-order valence-corrected chi connectivity index (χ2v) is 7.35. The Morgan fingerprint density at radius 3 is 2.86 bits per heavy atom. The second-order valence-electron chi connectivity index (χ2n) is 6.94. The van der Waals surface area contributed by atoms with E-state index in [0.717, 1.165) is 5.56 Å². The molecule has 1 unspecified atom stereocenters. The Bertz CT molecular complexity index is 673. The van der Waals surface area contributed by atoms with Crippen LogP contribution in [0.15, 0.2) is 18.2 Å². The SMILES string of the molecule is CNCCN(CCCOCC=O)C(=O)N1CC(OC(C)c2ccc(F)cc2Cl)C1. The van der Waals surface area contributed by atoms with E-state index in [9.17, 15) is 14.0 Å². The van der Waals surface area contributed by atoms with Gasteiger partial charge in [0.15, 0.2) is 0 Å². The largest absolute Gasteiger partial charge is 0.374 e. The Balaban J connectivity index is 1.79. The number of likely N-dealkylation sites (N-methyl/N-ethyl adjacent to an activating group) is 1. The number of carbonyl (C=O) groups excluding carboxylic acids is 2. The topological polar surface area (TPSA) is 71.1 Å². The van der Waals surface area contributed by atoms with Gasteiger partial charge in [-0.15, -0.1) is 0 Å². The highest BCUT2D eigenvalue weighted by atomic mass is 35.5. The van der Waals surface area contributed by atoms with Crippen molar-refractivity contribution >= 4 is 23.9 Å². The van der Waals surface area contributed by atoms with Crippen molar-refractivity contribution in [2.75, 3.05) is 53.0 Å². The highest BCUT2D eigenvalue weighted by Gasteiger charge is 2.35. The van der Waals surface area contributed by atoms with E-state index in [1.165, 1.54) is 12.1 Å². The number of halogens is 2. The average Bonchev–Trinajstić information content (AvgIpc) is 2.65. The summed E-state index contributed by atoms with van der Waals surface area (Å²) in [6.45, 7) is 5.21. The zero-order chi connectivity index (χ0) is 21.2. The van der Waals surface area contributed by atoms with Crippen molar-refractivity contribution in [1.29, 1.82) is 0 Å². The van der Waals surface area contributed by atoms with E-state index in [2.05, 4.69) is 5.32 Å². The van der Waals surface area contributed by atoms with Crippen molar-refractivity contribution in [3.05, 3.63) is 34.6 Å². The van der Waals surface area contributed by atoms with E-state index in [4.69, 9.17) is 21.1 Å². The number of amides is 2. The monoisotopic (exact) mass is 429 g/mol. The molecule has 1 fully saturated rings. The van der Waals surface area contributed by atoms with Crippen LogP contribution in [-0.4, -0.2) is 81.2 Å². The number of rotatable bonds is 12. The van der Waals surface area contributed by atoms with Gasteiger partial charge in [0.1, 0.15) is 18.7 Å². The number of likely N-dealkylation sites (tertiary alicyclic amines) is 1. The molecule has 2 amide bonds. The molecule has 1 aliphatic heterocycles. The Morgan fingerprint density at radius 2 is 2.21 bits per heavy atom. The third-order valence-corrected chi connectivity index (χ3v) is 5.05.